The van der Waals surface area contributed by atoms with Crippen molar-refractivity contribution in [3.63, 3.8) is 0 Å². The highest BCUT2D eigenvalue weighted by Gasteiger charge is 2.31. The van der Waals surface area contributed by atoms with E-state index in [-0.39, 0.29) is 18.1 Å². The number of hydrogen-bond donors (Lipinski definition) is 2. The van der Waals surface area contributed by atoms with E-state index in [2.05, 4.69) is 20.3 Å². The zero-order chi connectivity index (χ0) is 18.6. The van der Waals surface area contributed by atoms with Gasteiger partial charge in [-0.3, -0.25) is 9.89 Å². The van der Waals surface area contributed by atoms with Crippen LogP contribution in [0.15, 0.2) is 6.07 Å². The van der Waals surface area contributed by atoms with Gasteiger partial charge in [0.05, 0.1) is 12.2 Å². The van der Waals surface area contributed by atoms with Crippen molar-refractivity contribution in [2.45, 2.75) is 33.7 Å². The molecule has 1 aliphatic rings. The van der Waals surface area contributed by atoms with E-state index < -0.39 is 5.97 Å². The van der Waals surface area contributed by atoms with Gasteiger partial charge in [-0.1, -0.05) is 0 Å². The maximum Gasteiger partial charge on any atom is 0.356 e. The van der Waals surface area contributed by atoms with Crippen LogP contribution in [0.2, 0.25) is 0 Å². The summed E-state index contributed by atoms with van der Waals surface area (Å²) in [5.74, 6) is -1.30. The van der Waals surface area contributed by atoms with Crippen LogP contribution in [0, 0.1) is 20.8 Å². The van der Waals surface area contributed by atoms with E-state index >= 15 is 0 Å². The number of amides is 1. The van der Waals surface area contributed by atoms with Crippen molar-refractivity contribution in [2.24, 2.45) is 0 Å². The predicted molar refractivity (Wildman–Crippen MR) is 91.2 cm³/mol. The number of aromatic amines is 1. The molecule has 0 fully saturated rings. The largest absolute Gasteiger partial charge is 0.476 e. The number of nitrogens with zero attached hydrogens (tertiary/aromatic N) is 5. The molecule has 0 saturated carbocycles. The number of fused-ring (bicyclic) bond motifs is 2. The van der Waals surface area contributed by atoms with E-state index in [9.17, 15) is 14.7 Å². The van der Waals surface area contributed by atoms with Crippen LogP contribution in [0.5, 0.6) is 0 Å². The Balaban J connectivity index is 1.75. The van der Waals surface area contributed by atoms with E-state index in [0.29, 0.717) is 35.4 Å². The standard InChI is InChI=1S/C17H18N6O3/c1-8-6-9(2)23-15(18-8)13(10(3)21-23)16(24)22-5-4-12-11(7-22)14(17(25)26)20-19-12/h6H,4-5,7H2,1-3H3,(H,19,20)(H,25,26). The number of carboxylic acid groups (broad SMARTS) is 1. The van der Waals surface area contributed by atoms with Crippen LogP contribution in [0.3, 0.4) is 0 Å². The summed E-state index contributed by atoms with van der Waals surface area (Å²) < 4.78 is 1.67. The van der Waals surface area contributed by atoms with Gasteiger partial charge < -0.3 is 10.0 Å². The third kappa shape index (κ3) is 2.35. The number of aromatic nitrogens is 5. The van der Waals surface area contributed by atoms with E-state index in [4.69, 9.17) is 0 Å². The quantitative estimate of drug-likeness (QED) is 0.716. The molecule has 4 rings (SSSR count). The number of hydrogen-bond acceptors (Lipinski definition) is 5. The van der Waals surface area contributed by atoms with E-state index in [0.717, 1.165) is 17.1 Å². The molecule has 0 unspecified atom stereocenters. The van der Waals surface area contributed by atoms with Gasteiger partial charge in [-0.05, 0) is 26.8 Å². The van der Waals surface area contributed by atoms with Crippen LogP contribution in [0.25, 0.3) is 5.65 Å². The molecule has 9 nitrogen and oxygen atoms in total. The summed E-state index contributed by atoms with van der Waals surface area (Å²) in [6.45, 7) is 6.26. The minimum atomic E-state index is -1.10. The molecule has 0 spiro atoms. The highest BCUT2D eigenvalue weighted by Crippen LogP contribution is 2.24. The van der Waals surface area contributed by atoms with Gasteiger partial charge in [-0.25, -0.2) is 14.3 Å². The molecule has 9 heteroatoms. The number of carbonyl (C=O) groups excluding carboxylic acids is 1. The number of H-pyrrole nitrogens is 1. The first-order valence-corrected chi connectivity index (χ1v) is 8.29. The van der Waals surface area contributed by atoms with Gasteiger partial charge in [0, 0.05) is 35.6 Å². The second-order valence-electron chi connectivity index (χ2n) is 6.55. The van der Waals surface area contributed by atoms with Crippen molar-refractivity contribution in [3.8, 4) is 0 Å². The molecule has 3 aromatic heterocycles. The number of nitrogens with one attached hydrogen (secondary N) is 1. The lowest BCUT2D eigenvalue weighted by atomic mass is 10.0. The summed E-state index contributed by atoms with van der Waals surface area (Å²) >= 11 is 0. The number of carboxylic acids is 1. The Morgan fingerprint density at radius 2 is 2.04 bits per heavy atom. The van der Waals surface area contributed by atoms with E-state index in [1.165, 1.54) is 0 Å². The third-order valence-electron chi connectivity index (χ3n) is 4.71. The maximum absolute atomic E-state index is 13.2. The third-order valence-corrected chi connectivity index (χ3v) is 4.71. The smallest absolute Gasteiger partial charge is 0.356 e. The average Bonchev–Trinajstić information content (AvgIpc) is 3.14. The molecule has 2 N–H and O–H groups in total. The van der Waals surface area contributed by atoms with Crippen LogP contribution >= 0.6 is 0 Å². The lowest BCUT2D eigenvalue weighted by molar-refractivity contribution is 0.0674. The van der Waals surface area contributed by atoms with Crippen LogP contribution < -0.4 is 0 Å². The summed E-state index contributed by atoms with van der Waals surface area (Å²) in [5, 5.41) is 20.3. The topological polar surface area (TPSA) is 116 Å². The Morgan fingerprint density at radius 3 is 2.77 bits per heavy atom. The normalized spacial score (nSPS) is 13.9. The first-order chi connectivity index (χ1) is 12.4. The average molecular weight is 354 g/mol. The summed E-state index contributed by atoms with van der Waals surface area (Å²) in [7, 11) is 0. The van der Waals surface area contributed by atoms with Crippen molar-refractivity contribution < 1.29 is 14.7 Å². The van der Waals surface area contributed by atoms with Crippen LogP contribution in [-0.2, 0) is 13.0 Å². The van der Waals surface area contributed by atoms with Gasteiger partial charge in [0.2, 0.25) is 0 Å². The monoisotopic (exact) mass is 354 g/mol. The second kappa shape index (κ2) is 5.65. The predicted octanol–water partition coefficient (Wildman–Crippen LogP) is 1.27. The van der Waals surface area contributed by atoms with Gasteiger partial charge in [0.15, 0.2) is 11.3 Å². The van der Waals surface area contributed by atoms with Crippen molar-refractivity contribution in [1.29, 1.82) is 0 Å². The summed E-state index contributed by atoms with van der Waals surface area (Å²) in [6, 6.07) is 1.91. The van der Waals surface area contributed by atoms with Gasteiger partial charge in [0.1, 0.15) is 5.56 Å². The zero-order valence-electron chi connectivity index (χ0n) is 14.7. The SMILES string of the molecule is Cc1cc(C)n2nc(C)c(C(=O)N3CCc4[nH]nc(C(=O)O)c4C3)c2n1. The molecule has 26 heavy (non-hydrogen) atoms. The molecule has 1 aliphatic heterocycles. The van der Waals surface area contributed by atoms with Gasteiger partial charge in [-0.2, -0.15) is 10.2 Å². The maximum atomic E-state index is 13.2. The highest BCUT2D eigenvalue weighted by atomic mass is 16.4. The Kier molecular flexibility index (Phi) is 3.53. The van der Waals surface area contributed by atoms with Crippen molar-refractivity contribution >= 4 is 17.5 Å². The molecule has 1 amide bonds. The number of rotatable bonds is 2. The minimum Gasteiger partial charge on any atom is -0.476 e. The molecule has 0 saturated heterocycles. The Morgan fingerprint density at radius 1 is 1.27 bits per heavy atom. The van der Waals surface area contributed by atoms with Crippen LogP contribution in [0.4, 0.5) is 0 Å². The Hall–Kier alpha value is -3.23. The lowest BCUT2D eigenvalue weighted by Crippen LogP contribution is -2.36. The van der Waals surface area contributed by atoms with Crippen LogP contribution in [-0.4, -0.2) is 53.2 Å². The first-order valence-electron chi connectivity index (χ1n) is 8.29. The van der Waals surface area contributed by atoms with Gasteiger partial charge in [0.25, 0.3) is 5.91 Å². The fourth-order valence-corrected chi connectivity index (χ4v) is 3.48. The van der Waals surface area contributed by atoms with Crippen molar-refractivity contribution in [2.75, 3.05) is 6.54 Å². The molecule has 0 radical (unpaired) electrons. The molecule has 134 valence electrons. The summed E-state index contributed by atoms with van der Waals surface area (Å²) in [6.07, 6.45) is 0.533. The molecule has 0 aliphatic carbocycles. The minimum absolute atomic E-state index is 0.0288. The summed E-state index contributed by atoms with van der Waals surface area (Å²) in [5.41, 5.74) is 4.61. The van der Waals surface area contributed by atoms with Gasteiger partial charge in [-0.15, -0.1) is 0 Å². The number of carbonyl (C=O) groups is 2. The molecular formula is C17H18N6O3. The van der Waals surface area contributed by atoms with Gasteiger partial charge >= 0.3 is 5.97 Å². The van der Waals surface area contributed by atoms with Crippen LogP contribution in [0.1, 0.15) is 49.2 Å². The Bertz CT molecular complexity index is 1060. The number of aryl methyl sites for hydroxylation is 3. The fourth-order valence-electron chi connectivity index (χ4n) is 3.48. The van der Waals surface area contributed by atoms with E-state index in [1.54, 1.807) is 16.3 Å². The molecule has 3 aromatic rings. The van der Waals surface area contributed by atoms with Crippen molar-refractivity contribution in [1.82, 2.24) is 29.7 Å². The number of aromatic carboxylic acids is 1. The molecule has 0 aromatic carbocycles. The summed E-state index contributed by atoms with van der Waals surface area (Å²) in [4.78, 5) is 30.6. The molecule has 4 heterocycles. The van der Waals surface area contributed by atoms with E-state index in [1.807, 2.05) is 19.9 Å². The molecule has 0 atom stereocenters. The fraction of sp³-hybridized carbons (Fsp3) is 0.353. The lowest BCUT2D eigenvalue weighted by Gasteiger charge is -2.26. The molecule has 0 bridgehead atoms. The van der Waals surface area contributed by atoms with Crippen molar-refractivity contribution in [3.05, 3.63) is 45.7 Å². The molecular weight excluding hydrogens is 336 g/mol. The zero-order valence-corrected chi connectivity index (χ0v) is 14.7. The second-order valence-corrected chi connectivity index (χ2v) is 6.55. The highest BCUT2D eigenvalue weighted by molar-refractivity contribution is 6.01. The first kappa shape index (κ1) is 16.2. The Labute approximate surface area is 148 Å².